The number of benzene rings is 1. The summed E-state index contributed by atoms with van der Waals surface area (Å²) in [6.45, 7) is 7.99. The summed E-state index contributed by atoms with van der Waals surface area (Å²) in [5.74, 6) is -0.944. The lowest BCUT2D eigenvalue weighted by molar-refractivity contribution is 0.0697. The molecule has 0 saturated heterocycles. The van der Waals surface area contributed by atoms with Crippen LogP contribution in [-0.2, 0) is 0 Å². The summed E-state index contributed by atoms with van der Waals surface area (Å²) in [7, 11) is 0. The van der Waals surface area contributed by atoms with Gasteiger partial charge in [0.15, 0.2) is 0 Å². The van der Waals surface area contributed by atoms with E-state index in [1.54, 1.807) is 10.9 Å². The molecule has 4 nitrogen and oxygen atoms in total. The van der Waals surface area contributed by atoms with Gasteiger partial charge < -0.3 is 5.11 Å². The van der Waals surface area contributed by atoms with Crippen LogP contribution < -0.4 is 0 Å². The lowest BCUT2D eigenvalue weighted by Gasteiger charge is -2.05. The summed E-state index contributed by atoms with van der Waals surface area (Å²) in [5, 5.41) is 13.7. The van der Waals surface area contributed by atoms with Gasteiger partial charge in [0.1, 0.15) is 11.3 Å². The lowest BCUT2D eigenvalue weighted by Crippen LogP contribution is -2.00. The fourth-order valence-electron chi connectivity index (χ4n) is 1.91. The Morgan fingerprint density at radius 3 is 2.47 bits per heavy atom. The third-order valence-corrected chi connectivity index (χ3v) is 3.27. The van der Waals surface area contributed by atoms with Gasteiger partial charge in [-0.25, -0.2) is 4.79 Å². The number of carbonyl (C=O) groups is 1. The van der Waals surface area contributed by atoms with Crippen LogP contribution in [0.1, 0.15) is 41.4 Å². The quantitative estimate of drug-likeness (QED) is 0.917. The summed E-state index contributed by atoms with van der Waals surface area (Å²) < 4.78 is 1.69. The Kier molecular flexibility index (Phi) is 3.42. The zero-order valence-corrected chi connectivity index (χ0v) is 11.6. The topological polar surface area (TPSA) is 55.1 Å². The van der Waals surface area contributed by atoms with E-state index in [0.29, 0.717) is 5.69 Å². The van der Waals surface area contributed by atoms with Crippen LogP contribution in [0.5, 0.6) is 0 Å². The minimum atomic E-state index is -0.944. The second kappa shape index (κ2) is 4.88. The van der Waals surface area contributed by atoms with Crippen molar-refractivity contribution in [2.75, 3.05) is 0 Å². The van der Waals surface area contributed by atoms with Gasteiger partial charge in [-0.1, -0.05) is 12.1 Å². The molecule has 0 spiro atoms. The van der Waals surface area contributed by atoms with Crippen LogP contribution >= 0.6 is 0 Å². The smallest absolute Gasteiger partial charge is 0.339 e. The molecular formula is C15H18N2O2. The molecule has 2 rings (SSSR count). The number of hydrogen-bond acceptors (Lipinski definition) is 2. The molecule has 1 N–H and O–H groups in total. The van der Waals surface area contributed by atoms with Crippen molar-refractivity contribution in [3.05, 3.63) is 41.1 Å². The maximum Gasteiger partial charge on any atom is 0.339 e. The first-order chi connectivity index (χ1) is 8.90. The fraction of sp³-hybridized carbons (Fsp3) is 0.333. The lowest BCUT2D eigenvalue weighted by atomic mass is 10.0. The molecule has 0 radical (unpaired) electrons. The van der Waals surface area contributed by atoms with Gasteiger partial charge in [0, 0.05) is 17.8 Å². The third-order valence-electron chi connectivity index (χ3n) is 3.27. The molecule has 19 heavy (non-hydrogen) atoms. The normalized spacial score (nSPS) is 11.0. The van der Waals surface area contributed by atoms with E-state index >= 15 is 0 Å². The molecule has 0 amide bonds. The Hall–Kier alpha value is -2.10. The van der Waals surface area contributed by atoms with E-state index in [9.17, 15) is 9.90 Å². The third kappa shape index (κ3) is 2.52. The highest BCUT2D eigenvalue weighted by Gasteiger charge is 2.18. The molecule has 2 aromatic rings. The van der Waals surface area contributed by atoms with Crippen LogP contribution in [0.15, 0.2) is 24.4 Å². The minimum Gasteiger partial charge on any atom is -0.478 e. The standard InChI is InChI=1S/C15H18N2O2/c1-9(2)17-8-13(15(18)19)14(16-17)12-6-5-10(3)11(4)7-12/h5-9H,1-4H3,(H,18,19). The van der Waals surface area contributed by atoms with Crippen LogP contribution in [0.3, 0.4) is 0 Å². The molecular weight excluding hydrogens is 240 g/mol. The maximum absolute atomic E-state index is 11.3. The van der Waals surface area contributed by atoms with Crippen molar-refractivity contribution in [3.8, 4) is 11.3 Å². The predicted molar refractivity (Wildman–Crippen MR) is 74.5 cm³/mol. The molecule has 100 valence electrons. The van der Waals surface area contributed by atoms with Crippen LogP contribution in [0.25, 0.3) is 11.3 Å². The highest BCUT2D eigenvalue weighted by molar-refractivity contribution is 5.94. The zero-order chi connectivity index (χ0) is 14.2. The van der Waals surface area contributed by atoms with E-state index in [4.69, 9.17) is 0 Å². The largest absolute Gasteiger partial charge is 0.478 e. The molecule has 0 aliphatic rings. The second-order valence-corrected chi connectivity index (χ2v) is 5.07. The summed E-state index contributed by atoms with van der Waals surface area (Å²) in [6, 6.07) is 6.03. The molecule has 0 bridgehead atoms. The van der Waals surface area contributed by atoms with Crippen LogP contribution in [0.2, 0.25) is 0 Å². The van der Waals surface area contributed by atoms with Crippen molar-refractivity contribution in [2.45, 2.75) is 33.7 Å². The molecule has 1 aromatic heterocycles. The van der Waals surface area contributed by atoms with E-state index in [2.05, 4.69) is 5.10 Å². The number of carboxylic acids is 1. The van der Waals surface area contributed by atoms with E-state index in [-0.39, 0.29) is 11.6 Å². The average molecular weight is 258 g/mol. The van der Waals surface area contributed by atoms with Crippen LogP contribution in [0.4, 0.5) is 0 Å². The van der Waals surface area contributed by atoms with Crippen molar-refractivity contribution in [2.24, 2.45) is 0 Å². The van der Waals surface area contributed by atoms with E-state index in [1.165, 1.54) is 5.56 Å². The Bertz CT molecular complexity index is 627. The molecule has 0 saturated carbocycles. The number of carboxylic acid groups (broad SMARTS) is 1. The van der Waals surface area contributed by atoms with Gasteiger partial charge in [-0.15, -0.1) is 0 Å². The zero-order valence-electron chi connectivity index (χ0n) is 11.6. The van der Waals surface area contributed by atoms with Crippen LogP contribution in [-0.4, -0.2) is 20.9 Å². The van der Waals surface area contributed by atoms with Crippen molar-refractivity contribution >= 4 is 5.97 Å². The van der Waals surface area contributed by atoms with Crippen LogP contribution in [0, 0.1) is 13.8 Å². The Morgan fingerprint density at radius 1 is 1.26 bits per heavy atom. The van der Waals surface area contributed by atoms with Gasteiger partial charge in [-0.3, -0.25) is 4.68 Å². The molecule has 4 heteroatoms. The van der Waals surface area contributed by atoms with E-state index in [0.717, 1.165) is 11.1 Å². The van der Waals surface area contributed by atoms with Gasteiger partial charge in [-0.2, -0.15) is 5.10 Å². The van der Waals surface area contributed by atoms with Gasteiger partial charge in [0.05, 0.1) is 0 Å². The molecule has 0 aliphatic heterocycles. The molecule has 0 atom stereocenters. The monoisotopic (exact) mass is 258 g/mol. The van der Waals surface area contributed by atoms with E-state index < -0.39 is 5.97 Å². The highest BCUT2D eigenvalue weighted by atomic mass is 16.4. The van der Waals surface area contributed by atoms with Crippen molar-refractivity contribution in [3.63, 3.8) is 0 Å². The summed E-state index contributed by atoms with van der Waals surface area (Å²) in [5.41, 5.74) is 3.94. The summed E-state index contributed by atoms with van der Waals surface area (Å²) in [6.07, 6.45) is 1.59. The minimum absolute atomic E-state index is 0.137. The number of aromatic carboxylic acids is 1. The SMILES string of the molecule is Cc1ccc(-c2nn(C(C)C)cc2C(=O)O)cc1C. The first-order valence-corrected chi connectivity index (χ1v) is 6.30. The van der Waals surface area contributed by atoms with Crippen molar-refractivity contribution in [1.82, 2.24) is 9.78 Å². The number of aromatic nitrogens is 2. The van der Waals surface area contributed by atoms with Gasteiger partial charge in [0.25, 0.3) is 0 Å². The number of hydrogen-bond donors (Lipinski definition) is 1. The second-order valence-electron chi connectivity index (χ2n) is 5.07. The first kappa shape index (κ1) is 13.3. The van der Waals surface area contributed by atoms with Gasteiger partial charge in [-0.05, 0) is 44.9 Å². The highest BCUT2D eigenvalue weighted by Crippen LogP contribution is 2.25. The Morgan fingerprint density at radius 2 is 1.95 bits per heavy atom. The molecule has 0 fully saturated rings. The summed E-state index contributed by atoms with van der Waals surface area (Å²) in [4.78, 5) is 11.3. The van der Waals surface area contributed by atoms with E-state index in [1.807, 2.05) is 45.9 Å². The number of rotatable bonds is 3. The van der Waals surface area contributed by atoms with Gasteiger partial charge in [0.2, 0.25) is 0 Å². The molecule has 1 heterocycles. The Balaban J connectivity index is 2.59. The molecule has 1 aromatic carbocycles. The maximum atomic E-state index is 11.3. The van der Waals surface area contributed by atoms with Gasteiger partial charge >= 0.3 is 5.97 Å². The molecule has 0 unspecified atom stereocenters. The Labute approximate surface area is 112 Å². The molecule has 0 aliphatic carbocycles. The average Bonchev–Trinajstić information content (AvgIpc) is 2.78. The number of aryl methyl sites for hydroxylation is 2. The predicted octanol–water partition coefficient (Wildman–Crippen LogP) is 3.45. The van der Waals surface area contributed by atoms with Crippen molar-refractivity contribution in [1.29, 1.82) is 0 Å². The fourth-order valence-corrected chi connectivity index (χ4v) is 1.91. The van der Waals surface area contributed by atoms with Crippen molar-refractivity contribution < 1.29 is 9.90 Å². The first-order valence-electron chi connectivity index (χ1n) is 6.30. The number of nitrogens with zero attached hydrogens (tertiary/aromatic N) is 2. The summed E-state index contributed by atoms with van der Waals surface area (Å²) >= 11 is 0.